The zero-order valence-electron chi connectivity index (χ0n) is 11.0. The summed E-state index contributed by atoms with van der Waals surface area (Å²) in [6.07, 6.45) is 3.55. The Morgan fingerprint density at radius 3 is 3.05 bits per heavy atom. The van der Waals surface area contributed by atoms with Gasteiger partial charge >= 0.3 is 5.97 Å². The summed E-state index contributed by atoms with van der Waals surface area (Å²) >= 11 is 6.05. The normalized spacial score (nSPS) is 12.7. The topological polar surface area (TPSA) is 101 Å². The van der Waals surface area contributed by atoms with E-state index in [0.29, 0.717) is 23.3 Å². The molecule has 0 aliphatic heterocycles. The largest absolute Gasteiger partial charge is 0.480 e. The van der Waals surface area contributed by atoms with Crippen molar-refractivity contribution in [3.05, 3.63) is 17.2 Å². The van der Waals surface area contributed by atoms with Gasteiger partial charge in [0.1, 0.15) is 23.7 Å². The van der Waals surface area contributed by atoms with Gasteiger partial charge in [-0.25, -0.2) is 14.8 Å². The van der Waals surface area contributed by atoms with Crippen molar-refractivity contribution in [3.63, 3.8) is 0 Å². The fraction of sp³-hybridized carbons (Fsp3) is 0.500. The van der Waals surface area contributed by atoms with Crippen LogP contribution in [0.1, 0.15) is 38.1 Å². The van der Waals surface area contributed by atoms with Crippen LogP contribution in [0.4, 0.5) is 0 Å². The average Bonchev–Trinajstić information content (AvgIpc) is 2.87. The van der Waals surface area contributed by atoms with Crippen molar-refractivity contribution in [2.24, 2.45) is 0 Å². The van der Waals surface area contributed by atoms with Crippen LogP contribution in [0.25, 0.3) is 11.0 Å². The van der Waals surface area contributed by atoms with Crippen LogP contribution in [0.15, 0.2) is 6.20 Å². The molecule has 2 aromatic heterocycles. The molecule has 0 bridgehead atoms. The third-order valence-corrected chi connectivity index (χ3v) is 3.06. The summed E-state index contributed by atoms with van der Waals surface area (Å²) < 4.78 is 5.36. The van der Waals surface area contributed by atoms with Gasteiger partial charge in [0, 0.05) is 0 Å². The van der Waals surface area contributed by atoms with Crippen molar-refractivity contribution in [2.45, 2.75) is 32.3 Å². The summed E-state index contributed by atoms with van der Waals surface area (Å²) in [5, 5.41) is 15.5. The summed E-state index contributed by atoms with van der Waals surface area (Å²) in [6, 6.07) is 0. The summed E-state index contributed by atoms with van der Waals surface area (Å²) in [5.41, 5.74) is 1.14. The van der Waals surface area contributed by atoms with E-state index >= 15 is 0 Å². The molecule has 0 saturated heterocycles. The summed E-state index contributed by atoms with van der Waals surface area (Å²) in [7, 11) is 0. The van der Waals surface area contributed by atoms with Crippen LogP contribution >= 0.6 is 11.6 Å². The number of carbonyl (C=O) groups is 1. The minimum Gasteiger partial charge on any atom is -0.480 e. The molecule has 2 N–H and O–H groups in total. The Kier molecular flexibility index (Phi) is 4.86. The van der Waals surface area contributed by atoms with E-state index in [1.165, 1.54) is 0 Å². The lowest BCUT2D eigenvalue weighted by atomic mass is 10.1. The Bertz CT molecular complexity index is 601. The molecule has 2 heterocycles. The van der Waals surface area contributed by atoms with Gasteiger partial charge < -0.3 is 9.84 Å². The van der Waals surface area contributed by atoms with Gasteiger partial charge in [0.2, 0.25) is 0 Å². The van der Waals surface area contributed by atoms with Gasteiger partial charge in [-0.15, -0.1) is 0 Å². The Balaban J connectivity index is 2.26. The molecule has 0 aliphatic rings. The van der Waals surface area contributed by atoms with E-state index in [4.69, 9.17) is 21.4 Å². The molecule has 1 atom stereocenters. The Morgan fingerprint density at radius 2 is 2.35 bits per heavy atom. The molecule has 0 fully saturated rings. The molecule has 108 valence electrons. The number of H-pyrrole nitrogens is 1. The second-order valence-corrected chi connectivity index (χ2v) is 4.70. The van der Waals surface area contributed by atoms with E-state index < -0.39 is 18.7 Å². The number of nitrogens with one attached hydrogen (secondary N) is 1. The molecule has 0 saturated carbocycles. The zero-order valence-corrected chi connectivity index (χ0v) is 11.7. The highest BCUT2D eigenvalue weighted by molar-refractivity contribution is 6.33. The molecule has 0 aliphatic carbocycles. The second kappa shape index (κ2) is 6.62. The number of unbranched alkanes of at least 4 members (excludes halogenated alkanes) is 1. The Hall–Kier alpha value is -1.73. The average molecular weight is 299 g/mol. The van der Waals surface area contributed by atoms with Gasteiger partial charge in [0.15, 0.2) is 11.0 Å². The van der Waals surface area contributed by atoms with Crippen LogP contribution in [0, 0.1) is 0 Å². The highest BCUT2D eigenvalue weighted by atomic mass is 35.5. The third kappa shape index (κ3) is 3.43. The molecule has 0 spiro atoms. The summed E-state index contributed by atoms with van der Waals surface area (Å²) in [5.74, 6) is -0.638. The van der Waals surface area contributed by atoms with Gasteiger partial charge in [0.05, 0.1) is 6.20 Å². The second-order valence-electron chi connectivity index (χ2n) is 4.34. The monoisotopic (exact) mass is 298 g/mol. The molecule has 2 rings (SSSR count). The maximum Gasteiger partial charge on any atom is 0.329 e. The van der Waals surface area contributed by atoms with E-state index in [1.54, 1.807) is 6.20 Å². The van der Waals surface area contributed by atoms with Gasteiger partial charge in [-0.1, -0.05) is 31.4 Å². The molecule has 2 aromatic rings. The van der Waals surface area contributed by atoms with Crippen LogP contribution in [-0.2, 0) is 9.53 Å². The number of ether oxygens (including phenoxy) is 1. The number of carboxylic acid groups (broad SMARTS) is 1. The first-order valence-electron chi connectivity index (χ1n) is 6.31. The predicted octanol–water partition coefficient (Wildman–Crippen LogP) is 2.34. The number of carboxylic acids is 1. The molecule has 1 unspecified atom stereocenters. The first kappa shape index (κ1) is 14.7. The predicted molar refractivity (Wildman–Crippen MR) is 72.5 cm³/mol. The molecule has 20 heavy (non-hydrogen) atoms. The smallest absolute Gasteiger partial charge is 0.329 e. The van der Waals surface area contributed by atoms with E-state index in [0.717, 1.165) is 12.8 Å². The maximum absolute atomic E-state index is 10.6. The number of hydrogen-bond acceptors (Lipinski definition) is 5. The number of rotatable bonds is 7. The number of hydrogen-bond donors (Lipinski definition) is 2. The molecular weight excluding hydrogens is 284 g/mol. The van der Waals surface area contributed by atoms with Crippen molar-refractivity contribution in [3.8, 4) is 0 Å². The van der Waals surface area contributed by atoms with Crippen molar-refractivity contribution in [1.29, 1.82) is 0 Å². The number of aromatic amines is 1. The lowest BCUT2D eigenvalue weighted by Gasteiger charge is -2.15. The lowest BCUT2D eigenvalue weighted by molar-refractivity contribution is -0.144. The first-order chi connectivity index (χ1) is 9.61. The standard InChI is InChI=1S/C12H15ClN4O3/c1-2-3-4-8(20-6-9(18)19)12-15-7-5-14-17-10(7)11(13)16-12/h5,8H,2-4,6H2,1H3,(H,14,17)(H,18,19). The van der Waals surface area contributed by atoms with Crippen molar-refractivity contribution in [2.75, 3.05) is 6.61 Å². The molecular formula is C12H15ClN4O3. The van der Waals surface area contributed by atoms with Crippen molar-refractivity contribution >= 4 is 28.6 Å². The minimum atomic E-state index is -1.03. The van der Waals surface area contributed by atoms with E-state index in [1.807, 2.05) is 6.92 Å². The van der Waals surface area contributed by atoms with Crippen LogP contribution in [0.5, 0.6) is 0 Å². The van der Waals surface area contributed by atoms with Crippen LogP contribution < -0.4 is 0 Å². The Morgan fingerprint density at radius 1 is 1.55 bits per heavy atom. The van der Waals surface area contributed by atoms with Gasteiger partial charge in [-0.05, 0) is 6.42 Å². The minimum absolute atomic E-state index is 0.253. The van der Waals surface area contributed by atoms with E-state index in [9.17, 15) is 4.79 Å². The number of aliphatic carboxylic acids is 1. The quantitative estimate of drug-likeness (QED) is 0.761. The summed E-state index contributed by atoms with van der Waals surface area (Å²) in [4.78, 5) is 19.1. The fourth-order valence-corrected chi connectivity index (χ4v) is 2.04. The highest BCUT2D eigenvalue weighted by Crippen LogP contribution is 2.25. The van der Waals surface area contributed by atoms with Gasteiger partial charge in [0.25, 0.3) is 0 Å². The van der Waals surface area contributed by atoms with Gasteiger partial charge in [-0.2, -0.15) is 5.10 Å². The molecule has 0 radical (unpaired) electrons. The first-order valence-corrected chi connectivity index (χ1v) is 6.69. The fourth-order valence-electron chi connectivity index (χ4n) is 1.81. The van der Waals surface area contributed by atoms with Crippen LogP contribution in [-0.4, -0.2) is 37.8 Å². The molecule has 7 nitrogen and oxygen atoms in total. The molecule has 8 heteroatoms. The summed E-state index contributed by atoms with van der Waals surface area (Å²) in [6.45, 7) is 1.65. The molecule has 0 amide bonds. The van der Waals surface area contributed by atoms with E-state index in [2.05, 4.69) is 20.2 Å². The number of aromatic nitrogens is 4. The lowest BCUT2D eigenvalue weighted by Crippen LogP contribution is -2.14. The van der Waals surface area contributed by atoms with Gasteiger partial charge in [-0.3, -0.25) is 5.10 Å². The van der Waals surface area contributed by atoms with Crippen molar-refractivity contribution < 1.29 is 14.6 Å². The number of nitrogens with zero attached hydrogens (tertiary/aromatic N) is 3. The zero-order chi connectivity index (χ0) is 14.5. The maximum atomic E-state index is 10.6. The highest BCUT2D eigenvalue weighted by Gasteiger charge is 2.19. The SMILES string of the molecule is CCCCC(OCC(=O)O)c1nc(Cl)c2[nH]ncc2n1. The molecule has 0 aromatic carbocycles. The van der Waals surface area contributed by atoms with Crippen molar-refractivity contribution in [1.82, 2.24) is 20.2 Å². The number of halogens is 1. The third-order valence-electron chi connectivity index (χ3n) is 2.79. The van der Waals surface area contributed by atoms with Crippen LogP contribution in [0.2, 0.25) is 5.15 Å². The Labute approximate surface area is 120 Å². The van der Waals surface area contributed by atoms with Crippen LogP contribution in [0.3, 0.4) is 0 Å². The van der Waals surface area contributed by atoms with E-state index in [-0.39, 0.29) is 5.15 Å². The number of fused-ring (bicyclic) bond motifs is 1.